The average molecular weight is 208 g/mol. The minimum Gasteiger partial charge on any atom is -0.502 e. The normalized spacial score (nSPS) is 10.7. The number of phenols is 1. The first-order valence-corrected chi connectivity index (χ1v) is 4.49. The summed E-state index contributed by atoms with van der Waals surface area (Å²) in [6.45, 7) is 0.506. The van der Waals surface area contributed by atoms with Crippen molar-refractivity contribution in [3.05, 3.63) is 40.0 Å². The molecule has 0 aromatic heterocycles. The number of phenolic OH excluding ortho intramolecular Hbond substituents is 1. The molecule has 0 aliphatic heterocycles. The topological polar surface area (TPSA) is 89.4 Å². The van der Waals surface area contributed by atoms with Crippen LogP contribution in [-0.4, -0.2) is 16.6 Å². The third kappa shape index (κ3) is 2.78. The second-order valence-electron chi connectivity index (χ2n) is 2.95. The molecule has 0 saturated heterocycles. The Labute approximate surface area is 87.0 Å². The fourth-order valence-electron chi connectivity index (χ4n) is 1.14. The van der Waals surface area contributed by atoms with Crippen molar-refractivity contribution in [2.24, 2.45) is 5.73 Å². The fraction of sp³-hybridized carbons (Fsp3) is 0.200. The molecular formula is C10H12N2O3. The highest BCUT2D eigenvalue weighted by Crippen LogP contribution is 2.29. The van der Waals surface area contributed by atoms with Gasteiger partial charge >= 0.3 is 5.69 Å². The van der Waals surface area contributed by atoms with E-state index in [2.05, 4.69) is 0 Å². The van der Waals surface area contributed by atoms with Crippen LogP contribution in [0.4, 0.5) is 5.69 Å². The van der Waals surface area contributed by atoms with Gasteiger partial charge in [-0.05, 0) is 13.0 Å². The zero-order valence-electron chi connectivity index (χ0n) is 8.09. The van der Waals surface area contributed by atoms with Gasteiger partial charge in [0.2, 0.25) is 5.75 Å². The van der Waals surface area contributed by atoms with E-state index in [-0.39, 0.29) is 11.4 Å². The third-order valence-electron chi connectivity index (χ3n) is 1.87. The number of benzene rings is 1. The molecule has 5 heteroatoms. The predicted molar refractivity (Wildman–Crippen MR) is 57.5 cm³/mol. The molecule has 5 nitrogen and oxygen atoms in total. The second kappa shape index (κ2) is 5.11. The third-order valence-corrected chi connectivity index (χ3v) is 1.87. The Hall–Kier alpha value is -1.88. The zero-order chi connectivity index (χ0) is 11.3. The summed E-state index contributed by atoms with van der Waals surface area (Å²) in [7, 11) is 0. The molecule has 0 fully saturated rings. The summed E-state index contributed by atoms with van der Waals surface area (Å²) in [6, 6.07) is 4.39. The lowest BCUT2D eigenvalue weighted by Crippen LogP contribution is -1.95. The van der Waals surface area contributed by atoms with E-state index < -0.39 is 4.92 Å². The number of nitrogens with zero attached hydrogens (tertiary/aromatic N) is 1. The number of nitro benzene ring substituents is 1. The van der Waals surface area contributed by atoms with E-state index in [4.69, 9.17) is 5.73 Å². The molecule has 80 valence electrons. The largest absolute Gasteiger partial charge is 0.502 e. The summed E-state index contributed by atoms with van der Waals surface area (Å²) in [6.07, 6.45) is 4.05. The number of nitrogens with two attached hydrogens (primary N) is 1. The van der Waals surface area contributed by atoms with Gasteiger partial charge in [-0.15, -0.1) is 0 Å². The van der Waals surface area contributed by atoms with E-state index in [1.54, 1.807) is 18.2 Å². The molecule has 1 rings (SSSR count). The van der Waals surface area contributed by atoms with Crippen LogP contribution < -0.4 is 5.73 Å². The maximum atomic E-state index is 10.5. The monoisotopic (exact) mass is 208 g/mol. The Morgan fingerprint density at radius 1 is 1.53 bits per heavy atom. The molecule has 0 saturated carbocycles. The highest BCUT2D eigenvalue weighted by Gasteiger charge is 2.14. The van der Waals surface area contributed by atoms with Crippen LogP contribution in [0.15, 0.2) is 24.3 Å². The number of rotatable bonds is 4. The van der Waals surface area contributed by atoms with E-state index >= 15 is 0 Å². The predicted octanol–water partition coefficient (Wildman–Crippen LogP) is 1.66. The average Bonchev–Trinajstić information content (AvgIpc) is 2.20. The van der Waals surface area contributed by atoms with Gasteiger partial charge in [0, 0.05) is 11.6 Å². The van der Waals surface area contributed by atoms with Gasteiger partial charge in [-0.25, -0.2) is 0 Å². The molecule has 1 aromatic rings. The fourth-order valence-corrected chi connectivity index (χ4v) is 1.14. The lowest BCUT2D eigenvalue weighted by atomic mass is 10.1. The van der Waals surface area contributed by atoms with Crippen molar-refractivity contribution in [1.29, 1.82) is 0 Å². The number of para-hydroxylation sites is 1. The van der Waals surface area contributed by atoms with Gasteiger partial charge in [-0.2, -0.15) is 0 Å². The number of hydrogen-bond donors (Lipinski definition) is 2. The Balaban J connectivity index is 2.99. The molecule has 3 N–H and O–H groups in total. The number of hydrogen-bond acceptors (Lipinski definition) is 4. The van der Waals surface area contributed by atoms with E-state index in [1.807, 2.05) is 0 Å². The standard InChI is InChI=1S/C10H12N2O3/c11-7-2-1-4-8-5-3-6-9(10(8)13)12(14)15/h1,3-6,13H,2,7,11H2. The highest BCUT2D eigenvalue weighted by molar-refractivity contribution is 5.63. The van der Waals surface area contributed by atoms with Crippen molar-refractivity contribution < 1.29 is 10.0 Å². The second-order valence-corrected chi connectivity index (χ2v) is 2.95. The Morgan fingerprint density at radius 2 is 2.27 bits per heavy atom. The maximum absolute atomic E-state index is 10.5. The molecule has 15 heavy (non-hydrogen) atoms. The first-order chi connectivity index (χ1) is 7.16. The Bertz CT molecular complexity index is 388. The molecule has 0 heterocycles. The molecule has 0 bridgehead atoms. The van der Waals surface area contributed by atoms with Crippen molar-refractivity contribution in [2.45, 2.75) is 6.42 Å². The van der Waals surface area contributed by atoms with Crippen molar-refractivity contribution >= 4 is 11.8 Å². The van der Waals surface area contributed by atoms with Crippen molar-refractivity contribution in [1.82, 2.24) is 0 Å². The Morgan fingerprint density at radius 3 is 2.87 bits per heavy atom. The summed E-state index contributed by atoms with van der Waals surface area (Å²) >= 11 is 0. The SMILES string of the molecule is NCCC=Cc1cccc([N+](=O)[O-])c1O. The highest BCUT2D eigenvalue weighted by atomic mass is 16.6. The van der Waals surface area contributed by atoms with Crippen LogP contribution in [0.5, 0.6) is 5.75 Å². The quantitative estimate of drug-likeness (QED) is 0.581. The van der Waals surface area contributed by atoms with Gasteiger partial charge in [0.15, 0.2) is 0 Å². The Kier molecular flexibility index (Phi) is 3.82. The van der Waals surface area contributed by atoms with Crippen LogP contribution >= 0.6 is 0 Å². The first kappa shape index (κ1) is 11.2. The van der Waals surface area contributed by atoms with Crippen LogP contribution in [0.25, 0.3) is 6.08 Å². The molecular weight excluding hydrogens is 196 g/mol. The van der Waals surface area contributed by atoms with Crippen molar-refractivity contribution in [2.75, 3.05) is 6.54 Å². The number of aromatic hydroxyl groups is 1. The van der Waals surface area contributed by atoms with Gasteiger partial charge in [-0.1, -0.05) is 24.3 Å². The van der Waals surface area contributed by atoms with Crippen molar-refractivity contribution in [3.63, 3.8) is 0 Å². The van der Waals surface area contributed by atoms with Gasteiger partial charge < -0.3 is 10.8 Å². The minimum absolute atomic E-state index is 0.287. The molecule has 0 spiro atoms. The molecule has 0 unspecified atom stereocenters. The van der Waals surface area contributed by atoms with Crippen molar-refractivity contribution in [3.8, 4) is 5.75 Å². The van der Waals surface area contributed by atoms with Crippen LogP contribution in [0.2, 0.25) is 0 Å². The maximum Gasteiger partial charge on any atom is 0.311 e. The van der Waals surface area contributed by atoms with Gasteiger partial charge in [-0.3, -0.25) is 10.1 Å². The summed E-state index contributed by atoms with van der Waals surface area (Å²) < 4.78 is 0. The molecule has 0 aliphatic carbocycles. The van der Waals surface area contributed by atoms with E-state index in [1.165, 1.54) is 12.1 Å². The van der Waals surface area contributed by atoms with E-state index in [9.17, 15) is 15.2 Å². The van der Waals surface area contributed by atoms with Crippen LogP contribution in [0.1, 0.15) is 12.0 Å². The van der Waals surface area contributed by atoms with Crippen LogP contribution in [0, 0.1) is 10.1 Å². The number of nitro groups is 1. The summed E-state index contributed by atoms with van der Waals surface area (Å²) in [4.78, 5) is 9.89. The molecule has 0 amide bonds. The smallest absolute Gasteiger partial charge is 0.311 e. The lowest BCUT2D eigenvalue weighted by Gasteiger charge is -1.99. The van der Waals surface area contributed by atoms with Crippen LogP contribution in [-0.2, 0) is 0 Å². The molecule has 0 radical (unpaired) electrons. The van der Waals surface area contributed by atoms with E-state index in [0.717, 1.165) is 0 Å². The molecule has 1 aromatic carbocycles. The summed E-state index contributed by atoms with van der Waals surface area (Å²) in [5.41, 5.74) is 5.43. The van der Waals surface area contributed by atoms with Gasteiger partial charge in [0.05, 0.1) is 4.92 Å². The summed E-state index contributed by atoms with van der Waals surface area (Å²) in [5.74, 6) is -0.309. The molecule has 0 atom stereocenters. The summed E-state index contributed by atoms with van der Waals surface area (Å²) in [5, 5.41) is 20.0. The molecule has 0 aliphatic rings. The van der Waals surface area contributed by atoms with Gasteiger partial charge in [0.25, 0.3) is 0 Å². The van der Waals surface area contributed by atoms with E-state index in [0.29, 0.717) is 18.5 Å². The first-order valence-electron chi connectivity index (χ1n) is 4.49. The minimum atomic E-state index is -0.615. The van der Waals surface area contributed by atoms with Crippen LogP contribution in [0.3, 0.4) is 0 Å². The zero-order valence-corrected chi connectivity index (χ0v) is 8.09. The lowest BCUT2D eigenvalue weighted by molar-refractivity contribution is -0.385. The van der Waals surface area contributed by atoms with Gasteiger partial charge in [0.1, 0.15) is 0 Å².